The highest BCUT2D eigenvalue weighted by atomic mass is 16.6. The van der Waals surface area contributed by atoms with Gasteiger partial charge in [0.15, 0.2) is 11.5 Å². The maximum absolute atomic E-state index is 12.8. The van der Waals surface area contributed by atoms with Crippen LogP contribution in [0.4, 0.5) is 22.2 Å². The van der Waals surface area contributed by atoms with Crippen LogP contribution in [0.15, 0.2) is 9.79 Å². The number of carbonyl (C=O) groups excluding carboxylic acids is 1. The first-order valence-electron chi connectivity index (χ1n) is 8.88. The van der Waals surface area contributed by atoms with Gasteiger partial charge in [0.25, 0.3) is 5.56 Å². The molecule has 0 spiro atoms. The predicted molar refractivity (Wildman–Crippen MR) is 105 cm³/mol. The molecule has 1 aromatic rings. The summed E-state index contributed by atoms with van der Waals surface area (Å²) in [4.78, 5) is 39.1. The first-order chi connectivity index (χ1) is 12.9. The minimum absolute atomic E-state index is 0.0589. The van der Waals surface area contributed by atoms with Crippen molar-refractivity contribution in [1.82, 2.24) is 14.9 Å². The molecule has 1 amide bonds. The van der Waals surface area contributed by atoms with E-state index in [1.165, 1.54) is 13.3 Å². The summed E-state index contributed by atoms with van der Waals surface area (Å²) in [6, 6.07) is -0.929. The number of aromatic amines is 1. The molecule has 1 unspecified atom stereocenters. The van der Waals surface area contributed by atoms with Gasteiger partial charge < -0.3 is 25.2 Å². The Morgan fingerprint density at radius 1 is 1.43 bits per heavy atom. The molecule has 11 nitrogen and oxygen atoms in total. The molecule has 1 aromatic heterocycles. The molecule has 1 aliphatic rings. The maximum atomic E-state index is 12.8. The Hall–Kier alpha value is -2.66. The molecule has 156 valence electrons. The van der Waals surface area contributed by atoms with Crippen LogP contribution in [0, 0.1) is 0 Å². The van der Waals surface area contributed by atoms with Crippen molar-refractivity contribution in [2.45, 2.75) is 51.5 Å². The second kappa shape index (κ2) is 8.15. The number of hydrogen-bond donors (Lipinski definition) is 4. The fourth-order valence-corrected chi connectivity index (χ4v) is 2.62. The summed E-state index contributed by atoms with van der Waals surface area (Å²) >= 11 is 0. The van der Waals surface area contributed by atoms with Crippen LogP contribution in [0.3, 0.4) is 0 Å². The van der Waals surface area contributed by atoms with E-state index in [0.29, 0.717) is 0 Å². The molecule has 4 N–H and O–H groups in total. The highest BCUT2D eigenvalue weighted by Crippen LogP contribution is 2.30. The molecule has 0 aliphatic carbocycles. The Balaban J connectivity index is 2.53. The summed E-state index contributed by atoms with van der Waals surface area (Å²) in [5, 5.41) is 23.1. The van der Waals surface area contributed by atoms with Gasteiger partial charge >= 0.3 is 6.09 Å². The quantitative estimate of drug-likeness (QED) is 0.419. The molecule has 0 radical (unpaired) electrons. The van der Waals surface area contributed by atoms with E-state index in [1.807, 2.05) is 0 Å². The fraction of sp³-hybridized carbons (Fsp3) is 0.647. The second-order valence-electron chi connectivity index (χ2n) is 7.82. The van der Waals surface area contributed by atoms with Crippen LogP contribution in [-0.2, 0) is 4.74 Å². The lowest BCUT2D eigenvalue weighted by Gasteiger charge is -2.39. The Labute approximate surface area is 163 Å². The number of carbonyl (C=O) groups is 1. The molecule has 0 fully saturated rings. The number of anilines is 2. The Morgan fingerprint density at radius 3 is 2.61 bits per heavy atom. The minimum Gasteiger partial charge on any atom is -0.443 e. The predicted octanol–water partition coefficient (Wildman–Crippen LogP) is 0.269. The molecule has 3 atom stereocenters. The van der Waals surface area contributed by atoms with E-state index in [1.54, 1.807) is 39.8 Å². The second-order valence-corrected chi connectivity index (χ2v) is 7.82. The Morgan fingerprint density at radius 2 is 2.07 bits per heavy atom. The number of amides is 1. The van der Waals surface area contributed by atoms with Gasteiger partial charge in [-0.1, -0.05) is 0 Å². The molecule has 2 rings (SSSR count). The molecule has 0 saturated heterocycles. The molecule has 11 heteroatoms. The van der Waals surface area contributed by atoms with E-state index in [9.17, 15) is 19.8 Å². The normalized spacial score (nSPS) is 19.0. The van der Waals surface area contributed by atoms with Gasteiger partial charge in [-0.3, -0.25) is 14.7 Å². The number of H-pyrrole nitrogens is 1. The van der Waals surface area contributed by atoms with Crippen molar-refractivity contribution in [3.63, 3.8) is 0 Å². The van der Waals surface area contributed by atoms with Crippen molar-refractivity contribution in [3.05, 3.63) is 10.4 Å². The highest BCUT2D eigenvalue weighted by molar-refractivity contribution is 5.93. The third-order valence-electron chi connectivity index (χ3n) is 3.82. The number of hydrogen-bond acceptors (Lipinski definition) is 8. The number of ether oxygens (including phenoxy) is 1. The topological polar surface area (TPSA) is 143 Å². The molecule has 1 aliphatic heterocycles. The summed E-state index contributed by atoms with van der Waals surface area (Å²) < 4.78 is 5.41. The highest BCUT2D eigenvalue weighted by Gasteiger charge is 2.41. The van der Waals surface area contributed by atoms with Crippen molar-refractivity contribution in [1.29, 1.82) is 0 Å². The van der Waals surface area contributed by atoms with Crippen molar-refractivity contribution in [2.24, 2.45) is 4.99 Å². The van der Waals surface area contributed by atoms with Crippen LogP contribution in [-0.4, -0.2) is 82.0 Å². The van der Waals surface area contributed by atoms with E-state index in [-0.39, 0.29) is 24.0 Å². The van der Waals surface area contributed by atoms with Crippen LogP contribution in [0.2, 0.25) is 0 Å². The smallest absolute Gasteiger partial charge is 0.415 e. The van der Waals surface area contributed by atoms with E-state index < -0.39 is 35.5 Å². The summed E-state index contributed by atoms with van der Waals surface area (Å²) in [5.41, 5.74) is -1.55. The largest absolute Gasteiger partial charge is 0.443 e. The van der Waals surface area contributed by atoms with Crippen molar-refractivity contribution >= 4 is 29.9 Å². The van der Waals surface area contributed by atoms with Crippen LogP contribution in [0.5, 0.6) is 0 Å². The van der Waals surface area contributed by atoms with Crippen molar-refractivity contribution in [3.8, 4) is 0 Å². The number of aromatic nitrogens is 2. The van der Waals surface area contributed by atoms with Crippen LogP contribution >= 0.6 is 0 Å². The molecule has 2 heterocycles. The number of aliphatic hydroxyl groups excluding tert-OH is 2. The lowest BCUT2D eigenvalue weighted by molar-refractivity contribution is 0.00978. The number of nitrogens with one attached hydrogen (secondary N) is 2. The minimum atomic E-state index is -1.31. The molecule has 0 saturated carbocycles. The third kappa shape index (κ3) is 4.98. The number of nitrogens with zero attached hydrogens (tertiary/aromatic N) is 4. The summed E-state index contributed by atoms with van der Waals surface area (Å²) in [6.07, 6.45) is -1.79. The Bertz CT molecular complexity index is 798. The third-order valence-corrected chi connectivity index (χ3v) is 3.82. The zero-order valence-corrected chi connectivity index (χ0v) is 16.9. The van der Waals surface area contributed by atoms with Gasteiger partial charge in [0, 0.05) is 20.6 Å². The summed E-state index contributed by atoms with van der Waals surface area (Å²) in [7, 11) is 3.54. The average molecular weight is 396 g/mol. The standard InChI is InChI=1S/C17H28N6O5/c1-9(24)12(25)10-7-18-13-11(23(10)16(27)28-17(2,3)4)14(26)21-15(20-13)19-8-22(5)6/h8-10,12,24-25H,7H2,1-6H3,(H2,18,20,21,26)/t9-,10?,12-/m0/s1. The lowest BCUT2D eigenvalue weighted by Crippen LogP contribution is -2.58. The van der Waals surface area contributed by atoms with Gasteiger partial charge in [-0.2, -0.15) is 4.98 Å². The zero-order chi connectivity index (χ0) is 21.2. The van der Waals surface area contributed by atoms with Gasteiger partial charge in [0.2, 0.25) is 5.95 Å². The lowest BCUT2D eigenvalue weighted by atomic mass is 10.0. The van der Waals surface area contributed by atoms with E-state index >= 15 is 0 Å². The summed E-state index contributed by atoms with van der Waals surface area (Å²) in [5.74, 6) is 0.193. The van der Waals surface area contributed by atoms with Crippen molar-refractivity contribution in [2.75, 3.05) is 30.9 Å². The van der Waals surface area contributed by atoms with Gasteiger partial charge in [0.1, 0.15) is 11.7 Å². The van der Waals surface area contributed by atoms with E-state index in [0.717, 1.165) is 4.90 Å². The fourth-order valence-electron chi connectivity index (χ4n) is 2.62. The first-order valence-corrected chi connectivity index (χ1v) is 8.88. The van der Waals surface area contributed by atoms with E-state index in [4.69, 9.17) is 4.74 Å². The van der Waals surface area contributed by atoms with Crippen molar-refractivity contribution < 1.29 is 19.7 Å². The number of rotatable bonds is 4. The number of aliphatic imine (C=N–C) groups is 1. The molecular weight excluding hydrogens is 368 g/mol. The molecule has 28 heavy (non-hydrogen) atoms. The zero-order valence-electron chi connectivity index (χ0n) is 16.9. The van der Waals surface area contributed by atoms with Crippen LogP contribution in [0.1, 0.15) is 27.7 Å². The monoisotopic (exact) mass is 396 g/mol. The number of aliphatic hydroxyl groups is 2. The van der Waals surface area contributed by atoms with Crippen LogP contribution in [0.25, 0.3) is 0 Å². The summed E-state index contributed by atoms with van der Waals surface area (Å²) in [6.45, 7) is 6.53. The van der Waals surface area contributed by atoms with Crippen LogP contribution < -0.4 is 15.8 Å². The molecule has 0 aromatic carbocycles. The molecule has 0 bridgehead atoms. The van der Waals surface area contributed by atoms with Gasteiger partial charge in [-0.15, -0.1) is 0 Å². The average Bonchev–Trinajstić information content (AvgIpc) is 2.56. The maximum Gasteiger partial charge on any atom is 0.415 e. The number of fused-ring (bicyclic) bond motifs is 1. The SMILES string of the molecule is C[C@H](O)[C@H](O)C1CNc2nc(N=CN(C)C)[nH]c(=O)c2N1C(=O)OC(C)(C)C. The van der Waals surface area contributed by atoms with Gasteiger partial charge in [0.05, 0.1) is 18.5 Å². The Kier molecular flexibility index (Phi) is 6.30. The van der Waals surface area contributed by atoms with E-state index in [2.05, 4.69) is 20.3 Å². The first kappa shape index (κ1) is 21.6. The van der Waals surface area contributed by atoms with Gasteiger partial charge in [-0.25, -0.2) is 9.79 Å². The molecular formula is C17H28N6O5. The van der Waals surface area contributed by atoms with Gasteiger partial charge in [-0.05, 0) is 27.7 Å².